The number of nitrogen functional groups attached to an aromatic ring is 1. The van der Waals surface area contributed by atoms with E-state index in [0.717, 1.165) is 0 Å². The molecule has 2 rings (SSSR count). The highest BCUT2D eigenvalue weighted by molar-refractivity contribution is 5.38. The van der Waals surface area contributed by atoms with Crippen molar-refractivity contribution in [3.05, 3.63) is 40.8 Å². The lowest BCUT2D eigenvalue weighted by Crippen LogP contribution is -2.04. The second-order valence-electron chi connectivity index (χ2n) is 3.90. The van der Waals surface area contributed by atoms with Crippen molar-refractivity contribution >= 4 is 5.95 Å². The molecular weight excluding hydrogens is 259 g/mol. The van der Waals surface area contributed by atoms with Gasteiger partial charge in [0.15, 0.2) is 11.6 Å². The largest absolute Gasteiger partial charge is 0.432 e. The topological polar surface area (TPSA) is 61.0 Å². The van der Waals surface area contributed by atoms with Crippen molar-refractivity contribution < 1.29 is 17.9 Å². The van der Waals surface area contributed by atoms with E-state index in [1.54, 1.807) is 13.8 Å². The van der Waals surface area contributed by atoms with Crippen molar-refractivity contribution in [1.82, 2.24) is 9.97 Å². The maximum Gasteiger partial charge on any atom is 0.227 e. The van der Waals surface area contributed by atoms with Crippen molar-refractivity contribution in [3.63, 3.8) is 0 Å². The molecule has 0 aliphatic carbocycles. The van der Waals surface area contributed by atoms with Crippen molar-refractivity contribution in [2.45, 2.75) is 13.8 Å². The van der Waals surface area contributed by atoms with Crippen LogP contribution in [0, 0.1) is 31.3 Å². The summed E-state index contributed by atoms with van der Waals surface area (Å²) in [5.74, 6) is -4.24. The number of nitrogens with two attached hydrogens (primary N) is 1. The summed E-state index contributed by atoms with van der Waals surface area (Å²) in [5.41, 5.74) is 6.44. The summed E-state index contributed by atoms with van der Waals surface area (Å²) in [4.78, 5) is 7.62. The Morgan fingerprint density at radius 1 is 1.05 bits per heavy atom. The highest BCUT2D eigenvalue weighted by Gasteiger charge is 2.17. The molecule has 0 amide bonds. The number of hydrogen-bond donors (Lipinski definition) is 1. The van der Waals surface area contributed by atoms with Crippen LogP contribution in [0.4, 0.5) is 19.1 Å². The molecule has 2 aromatic rings. The fourth-order valence-corrected chi connectivity index (χ4v) is 1.45. The number of anilines is 1. The maximum absolute atomic E-state index is 13.5. The van der Waals surface area contributed by atoms with Gasteiger partial charge in [-0.2, -0.15) is 4.98 Å². The molecule has 0 bridgehead atoms. The summed E-state index contributed by atoms with van der Waals surface area (Å²) in [6, 6.07) is 1.04. The predicted octanol–water partition coefficient (Wildman–Crippen LogP) is 2.89. The highest BCUT2D eigenvalue weighted by atomic mass is 19.1. The molecule has 0 spiro atoms. The first-order valence-electron chi connectivity index (χ1n) is 5.31. The lowest BCUT2D eigenvalue weighted by molar-refractivity contribution is 0.387. The first-order chi connectivity index (χ1) is 8.88. The Labute approximate surface area is 107 Å². The summed E-state index contributed by atoms with van der Waals surface area (Å²) >= 11 is 0. The highest BCUT2D eigenvalue weighted by Crippen LogP contribution is 2.30. The summed E-state index contributed by atoms with van der Waals surface area (Å²) in [6.07, 6.45) is 0. The van der Waals surface area contributed by atoms with Gasteiger partial charge < -0.3 is 10.5 Å². The van der Waals surface area contributed by atoms with Crippen molar-refractivity contribution in [2.75, 3.05) is 5.73 Å². The second-order valence-corrected chi connectivity index (χ2v) is 3.90. The van der Waals surface area contributed by atoms with Gasteiger partial charge in [-0.3, -0.25) is 0 Å². The smallest absolute Gasteiger partial charge is 0.227 e. The van der Waals surface area contributed by atoms with Gasteiger partial charge in [0.2, 0.25) is 17.6 Å². The zero-order chi connectivity index (χ0) is 14.2. The number of hydrogen-bond acceptors (Lipinski definition) is 4. The molecule has 1 heterocycles. The summed E-state index contributed by atoms with van der Waals surface area (Å²) < 4.78 is 44.7. The van der Waals surface area contributed by atoms with E-state index in [1.807, 2.05) is 0 Å². The number of rotatable bonds is 2. The van der Waals surface area contributed by atoms with Gasteiger partial charge in [-0.25, -0.2) is 18.2 Å². The lowest BCUT2D eigenvalue weighted by Gasteiger charge is -2.11. The third-order valence-corrected chi connectivity index (χ3v) is 2.52. The van der Waals surface area contributed by atoms with Gasteiger partial charge in [-0.15, -0.1) is 0 Å². The van der Waals surface area contributed by atoms with Gasteiger partial charge in [0.1, 0.15) is 5.82 Å². The minimum atomic E-state index is -1.16. The number of aromatic nitrogens is 2. The minimum absolute atomic E-state index is 0.0746. The molecule has 0 saturated heterocycles. The summed E-state index contributed by atoms with van der Waals surface area (Å²) in [6.45, 7) is 3.26. The van der Waals surface area contributed by atoms with Gasteiger partial charge in [0.05, 0.1) is 0 Å². The molecule has 0 unspecified atom stereocenters. The number of halogens is 3. The number of benzene rings is 1. The molecule has 0 radical (unpaired) electrons. The lowest BCUT2D eigenvalue weighted by atomic mass is 10.2. The maximum atomic E-state index is 13.5. The van der Waals surface area contributed by atoms with E-state index in [1.165, 1.54) is 0 Å². The molecule has 4 nitrogen and oxygen atoms in total. The van der Waals surface area contributed by atoms with Crippen LogP contribution in [0.1, 0.15) is 11.3 Å². The van der Waals surface area contributed by atoms with E-state index in [9.17, 15) is 13.2 Å². The van der Waals surface area contributed by atoms with Gasteiger partial charge in [-0.05, 0) is 13.8 Å². The normalized spacial score (nSPS) is 10.6. The Kier molecular flexibility index (Phi) is 3.28. The van der Waals surface area contributed by atoms with Crippen LogP contribution in [0.2, 0.25) is 0 Å². The Balaban J connectivity index is 2.48. The van der Waals surface area contributed by atoms with E-state index in [2.05, 4.69) is 9.97 Å². The zero-order valence-electron chi connectivity index (χ0n) is 10.2. The SMILES string of the molecule is Cc1nc(N)nc(Oc2c(F)cc(F)cc2F)c1C. The van der Waals surface area contributed by atoms with Crippen molar-refractivity contribution in [1.29, 1.82) is 0 Å². The predicted molar refractivity (Wildman–Crippen MR) is 62.3 cm³/mol. The molecule has 2 N–H and O–H groups in total. The van der Waals surface area contributed by atoms with Crippen LogP contribution in [-0.2, 0) is 0 Å². The van der Waals surface area contributed by atoms with Gasteiger partial charge in [0, 0.05) is 23.4 Å². The number of ether oxygens (including phenoxy) is 1. The van der Waals surface area contributed by atoms with Crippen LogP contribution < -0.4 is 10.5 Å². The number of aryl methyl sites for hydroxylation is 1. The van der Waals surface area contributed by atoms with Crippen LogP contribution in [-0.4, -0.2) is 9.97 Å². The zero-order valence-corrected chi connectivity index (χ0v) is 10.2. The Morgan fingerprint density at radius 2 is 1.63 bits per heavy atom. The first kappa shape index (κ1) is 13.1. The molecule has 19 heavy (non-hydrogen) atoms. The fourth-order valence-electron chi connectivity index (χ4n) is 1.45. The Bertz CT molecular complexity index is 623. The van der Waals surface area contributed by atoms with E-state index < -0.39 is 23.2 Å². The minimum Gasteiger partial charge on any atom is -0.432 e. The van der Waals surface area contributed by atoms with Gasteiger partial charge in [0.25, 0.3) is 0 Å². The molecule has 1 aromatic heterocycles. The van der Waals surface area contributed by atoms with Crippen LogP contribution in [0.3, 0.4) is 0 Å². The van der Waals surface area contributed by atoms with Crippen LogP contribution in [0.5, 0.6) is 11.6 Å². The Hall–Kier alpha value is -2.31. The molecule has 7 heteroatoms. The van der Waals surface area contributed by atoms with Crippen LogP contribution >= 0.6 is 0 Å². The molecular formula is C12H10F3N3O. The monoisotopic (exact) mass is 269 g/mol. The summed E-state index contributed by atoms with van der Waals surface area (Å²) in [5, 5.41) is 0. The third kappa shape index (κ3) is 2.59. The summed E-state index contributed by atoms with van der Waals surface area (Å²) in [7, 11) is 0. The quantitative estimate of drug-likeness (QED) is 0.910. The number of nitrogens with zero attached hydrogens (tertiary/aromatic N) is 2. The standard InChI is InChI=1S/C12H10F3N3O/c1-5-6(2)17-12(16)18-11(5)19-10-8(14)3-7(13)4-9(10)15/h3-4H,1-2H3,(H2,16,17,18). The average Bonchev–Trinajstić information content (AvgIpc) is 2.29. The second kappa shape index (κ2) is 4.75. The van der Waals surface area contributed by atoms with Crippen LogP contribution in [0.15, 0.2) is 12.1 Å². The molecule has 0 aliphatic heterocycles. The molecule has 0 atom stereocenters. The molecule has 0 aliphatic rings. The fraction of sp³-hybridized carbons (Fsp3) is 0.167. The van der Waals surface area contributed by atoms with E-state index in [-0.39, 0.29) is 11.8 Å². The van der Waals surface area contributed by atoms with E-state index >= 15 is 0 Å². The van der Waals surface area contributed by atoms with E-state index in [4.69, 9.17) is 10.5 Å². The third-order valence-electron chi connectivity index (χ3n) is 2.52. The first-order valence-corrected chi connectivity index (χ1v) is 5.31. The van der Waals surface area contributed by atoms with Crippen molar-refractivity contribution in [2.24, 2.45) is 0 Å². The van der Waals surface area contributed by atoms with Gasteiger partial charge >= 0.3 is 0 Å². The van der Waals surface area contributed by atoms with Gasteiger partial charge in [-0.1, -0.05) is 0 Å². The molecule has 100 valence electrons. The Morgan fingerprint density at radius 3 is 2.21 bits per heavy atom. The molecule has 0 fully saturated rings. The molecule has 1 aromatic carbocycles. The van der Waals surface area contributed by atoms with Crippen LogP contribution in [0.25, 0.3) is 0 Å². The van der Waals surface area contributed by atoms with E-state index in [0.29, 0.717) is 23.4 Å². The average molecular weight is 269 g/mol. The molecule has 0 saturated carbocycles. The van der Waals surface area contributed by atoms with Crippen molar-refractivity contribution in [3.8, 4) is 11.6 Å².